The van der Waals surface area contributed by atoms with Crippen LogP contribution in [0.5, 0.6) is 0 Å². The quantitative estimate of drug-likeness (QED) is 0.321. The molecule has 34 heavy (non-hydrogen) atoms. The summed E-state index contributed by atoms with van der Waals surface area (Å²) in [5, 5.41) is 2.86. The van der Waals surface area contributed by atoms with E-state index in [-0.39, 0.29) is 30.7 Å². The third-order valence-electron chi connectivity index (χ3n) is 6.99. The summed E-state index contributed by atoms with van der Waals surface area (Å²) in [7, 11) is 0. The van der Waals surface area contributed by atoms with Crippen LogP contribution in [0.15, 0.2) is 28.3 Å². The number of ether oxygens (including phenoxy) is 1. The van der Waals surface area contributed by atoms with E-state index >= 15 is 0 Å². The molecule has 0 spiro atoms. The van der Waals surface area contributed by atoms with Crippen LogP contribution in [-0.4, -0.2) is 35.8 Å². The minimum Gasteiger partial charge on any atom is -0.465 e. The van der Waals surface area contributed by atoms with E-state index < -0.39 is 11.3 Å². The van der Waals surface area contributed by atoms with Crippen LogP contribution < -0.4 is 5.32 Å². The van der Waals surface area contributed by atoms with Crippen LogP contribution in [0.3, 0.4) is 0 Å². The second-order valence-corrected chi connectivity index (χ2v) is 9.58. The zero-order valence-corrected chi connectivity index (χ0v) is 21.0. The fourth-order valence-electron chi connectivity index (χ4n) is 5.26. The second kappa shape index (κ2) is 12.2. The molecule has 0 unspecified atom stereocenters. The molecule has 0 bridgehead atoms. The number of esters is 1. The van der Waals surface area contributed by atoms with Crippen LogP contribution in [0, 0.1) is 18.3 Å². The van der Waals surface area contributed by atoms with Gasteiger partial charge in [-0.2, -0.15) is 0 Å². The molecule has 2 heterocycles. The van der Waals surface area contributed by atoms with Gasteiger partial charge in [0.1, 0.15) is 16.9 Å². The van der Waals surface area contributed by atoms with Crippen LogP contribution in [0.1, 0.15) is 89.6 Å². The fraction of sp³-hybridized carbons (Fsp3) is 0.667. The Morgan fingerprint density at radius 3 is 2.65 bits per heavy atom. The number of furan rings is 1. The minimum atomic E-state index is -0.824. The van der Waals surface area contributed by atoms with Crippen molar-refractivity contribution >= 4 is 17.8 Å². The highest BCUT2D eigenvalue weighted by Crippen LogP contribution is 2.51. The van der Waals surface area contributed by atoms with Gasteiger partial charge in [-0.3, -0.25) is 14.4 Å². The van der Waals surface area contributed by atoms with Crippen LogP contribution in [0.25, 0.3) is 0 Å². The van der Waals surface area contributed by atoms with E-state index in [2.05, 4.69) is 12.2 Å². The number of likely N-dealkylation sites (tertiary alicyclic amines) is 1. The molecule has 1 aromatic heterocycles. The molecule has 1 N–H and O–H groups in total. The maximum absolute atomic E-state index is 13.5. The van der Waals surface area contributed by atoms with Crippen LogP contribution in [-0.2, 0) is 25.7 Å². The molecule has 7 nitrogen and oxygen atoms in total. The molecule has 0 saturated carbocycles. The van der Waals surface area contributed by atoms with E-state index in [0.29, 0.717) is 31.8 Å². The molecule has 1 saturated heterocycles. The first-order valence-corrected chi connectivity index (χ1v) is 12.9. The molecular weight excluding hydrogens is 432 g/mol. The minimum absolute atomic E-state index is 0.0503. The largest absolute Gasteiger partial charge is 0.465 e. The van der Waals surface area contributed by atoms with E-state index in [1.165, 1.54) is 19.3 Å². The normalized spacial score (nSPS) is 21.9. The van der Waals surface area contributed by atoms with E-state index in [9.17, 15) is 14.4 Å². The van der Waals surface area contributed by atoms with E-state index in [1.54, 1.807) is 11.8 Å². The summed E-state index contributed by atoms with van der Waals surface area (Å²) in [6.07, 6.45) is 10.5. The molecule has 1 fully saturated rings. The first-order valence-electron chi connectivity index (χ1n) is 12.9. The Kier molecular flexibility index (Phi) is 9.36. The summed E-state index contributed by atoms with van der Waals surface area (Å²) in [5.74, 6) is 0.388. The Hall–Kier alpha value is -2.57. The SMILES string of the molecule is CCCCCCCCN1C(=O)[C@H](CC(=O)NCc2ccc(C)o2)C[C@@]2(C(=O)OCC)CCC=C12. The predicted molar refractivity (Wildman–Crippen MR) is 129 cm³/mol. The van der Waals surface area contributed by atoms with Gasteiger partial charge in [0.2, 0.25) is 11.8 Å². The number of aryl methyl sites for hydroxylation is 1. The first kappa shape index (κ1) is 26.0. The lowest BCUT2D eigenvalue weighted by Gasteiger charge is -2.44. The molecule has 1 aromatic rings. The maximum atomic E-state index is 13.5. The number of piperidine rings is 1. The number of hydrogen-bond donors (Lipinski definition) is 1. The van der Waals surface area contributed by atoms with Gasteiger partial charge < -0.3 is 19.4 Å². The Morgan fingerprint density at radius 2 is 1.94 bits per heavy atom. The molecule has 7 heteroatoms. The van der Waals surface area contributed by atoms with Gasteiger partial charge in [0.05, 0.1) is 13.2 Å². The van der Waals surface area contributed by atoms with Crippen molar-refractivity contribution in [1.82, 2.24) is 10.2 Å². The summed E-state index contributed by atoms with van der Waals surface area (Å²) in [4.78, 5) is 41.2. The van der Waals surface area contributed by atoms with Gasteiger partial charge in [-0.1, -0.05) is 45.1 Å². The molecular formula is C27H40N2O5. The number of carbonyl (C=O) groups excluding carboxylic acids is 3. The third-order valence-corrected chi connectivity index (χ3v) is 6.99. The average Bonchev–Trinajstić information content (AvgIpc) is 3.43. The predicted octanol–water partition coefficient (Wildman–Crippen LogP) is 5.03. The number of carbonyl (C=O) groups is 3. The van der Waals surface area contributed by atoms with Crippen molar-refractivity contribution < 1.29 is 23.5 Å². The number of hydrogen-bond acceptors (Lipinski definition) is 5. The van der Waals surface area contributed by atoms with Crippen molar-refractivity contribution in [2.45, 2.75) is 91.5 Å². The summed E-state index contributed by atoms with van der Waals surface area (Å²) in [6.45, 7) is 7.01. The highest BCUT2D eigenvalue weighted by atomic mass is 16.5. The van der Waals surface area contributed by atoms with Gasteiger partial charge in [0, 0.05) is 24.6 Å². The molecule has 1 aliphatic carbocycles. The average molecular weight is 473 g/mol. The summed E-state index contributed by atoms with van der Waals surface area (Å²) >= 11 is 0. The molecule has 2 amide bonds. The standard InChI is InChI=1S/C27H40N2O5/c1-4-6-7-8-9-10-16-29-23-12-11-15-27(23,26(32)33-5-2)18-21(25(29)31)17-24(30)28-19-22-14-13-20(3)34-22/h12-14,21H,4-11,15-19H2,1-3H3,(H,28,30)/t21-,27+/m1/s1. The molecule has 3 rings (SSSR count). The number of nitrogens with zero attached hydrogens (tertiary/aromatic N) is 1. The fourth-order valence-corrected chi connectivity index (χ4v) is 5.26. The van der Waals surface area contributed by atoms with E-state index in [0.717, 1.165) is 37.1 Å². The van der Waals surface area contributed by atoms with Gasteiger partial charge in [-0.25, -0.2) is 0 Å². The number of fused-ring (bicyclic) bond motifs is 1. The lowest BCUT2D eigenvalue weighted by atomic mass is 9.71. The topological polar surface area (TPSA) is 88.9 Å². The highest BCUT2D eigenvalue weighted by Gasteiger charge is 2.55. The van der Waals surface area contributed by atoms with Crippen molar-refractivity contribution in [3.8, 4) is 0 Å². The highest BCUT2D eigenvalue weighted by molar-refractivity contribution is 5.92. The van der Waals surface area contributed by atoms with Gasteiger partial charge >= 0.3 is 5.97 Å². The molecule has 1 aliphatic heterocycles. The Bertz CT molecular complexity index is 889. The van der Waals surface area contributed by atoms with Crippen LogP contribution >= 0.6 is 0 Å². The lowest BCUT2D eigenvalue weighted by Crippen LogP contribution is -2.52. The van der Waals surface area contributed by atoms with Gasteiger partial charge in [-0.05, 0) is 51.7 Å². The molecule has 2 aliphatic rings. The Labute approximate surface area is 203 Å². The summed E-state index contributed by atoms with van der Waals surface area (Å²) < 4.78 is 11.0. The summed E-state index contributed by atoms with van der Waals surface area (Å²) in [5.41, 5.74) is -0.0258. The Morgan fingerprint density at radius 1 is 1.18 bits per heavy atom. The van der Waals surface area contributed by atoms with Crippen LogP contribution in [0.2, 0.25) is 0 Å². The van der Waals surface area contributed by atoms with Gasteiger partial charge in [0.25, 0.3) is 0 Å². The number of unbranched alkanes of at least 4 members (excludes halogenated alkanes) is 5. The van der Waals surface area contributed by atoms with Gasteiger partial charge in [-0.15, -0.1) is 0 Å². The van der Waals surface area contributed by atoms with E-state index in [1.807, 2.05) is 25.1 Å². The maximum Gasteiger partial charge on any atom is 0.318 e. The zero-order chi connectivity index (χ0) is 24.6. The first-order chi connectivity index (χ1) is 16.4. The molecule has 0 aromatic carbocycles. The molecule has 2 atom stereocenters. The number of rotatable bonds is 13. The zero-order valence-electron chi connectivity index (χ0n) is 21.0. The second-order valence-electron chi connectivity index (χ2n) is 9.58. The van der Waals surface area contributed by atoms with Crippen molar-refractivity contribution in [3.63, 3.8) is 0 Å². The van der Waals surface area contributed by atoms with Crippen molar-refractivity contribution in [2.24, 2.45) is 11.3 Å². The lowest BCUT2D eigenvalue weighted by molar-refractivity contribution is -0.160. The summed E-state index contributed by atoms with van der Waals surface area (Å²) in [6, 6.07) is 3.68. The third kappa shape index (κ3) is 6.10. The molecule has 188 valence electrons. The monoisotopic (exact) mass is 472 g/mol. The van der Waals surface area contributed by atoms with Crippen molar-refractivity contribution in [2.75, 3.05) is 13.2 Å². The number of amides is 2. The number of nitrogens with one attached hydrogen (secondary N) is 1. The van der Waals surface area contributed by atoms with Crippen molar-refractivity contribution in [1.29, 1.82) is 0 Å². The van der Waals surface area contributed by atoms with Gasteiger partial charge in [0.15, 0.2) is 0 Å². The smallest absolute Gasteiger partial charge is 0.318 e. The van der Waals surface area contributed by atoms with E-state index in [4.69, 9.17) is 9.15 Å². The number of allylic oxidation sites excluding steroid dienone is 1. The Balaban J connectivity index is 1.69. The van der Waals surface area contributed by atoms with Crippen LogP contribution in [0.4, 0.5) is 0 Å². The molecule has 0 radical (unpaired) electrons. The van der Waals surface area contributed by atoms with Crippen molar-refractivity contribution in [3.05, 3.63) is 35.4 Å².